The largest absolute Gasteiger partial charge is 0.454 e. The summed E-state index contributed by atoms with van der Waals surface area (Å²) < 4.78 is 13.9. The fraction of sp³-hybridized carbons (Fsp3) is 0.0685. The number of anilines is 6. The highest BCUT2D eigenvalue weighted by Gasteiger charge is 2.52. The van der Waals surface area contributed by atoms with Gasteiger partial charge in [-0.1, -0.05) is 184 Å². The minimum atomic E-state index is -0.588. The third-order valence-electron chi connectivity index (χ3n) is 16.9. The summed E-state index contributed by atoms with van der Waals surface area (Å²) in [6.45, 7) is 4.39. The highest BCUT2D eigenvalue weighted by atomic mass is 16.3. The van der Waals surface area contributed by atoms with Crippen LogP contribution in [0.15, 0.2) is 251 Å². The number of aryl methyl sites for hydroxylation is 2. The molecule has 2 heterocycles. The fourth-order valence-corrected chi connectivity index (χ4v) is 13.6. The average Bonchev–Trinajstić information content (AvgIpc) is 4.39. The maximum atomic E-state index is 6.93. The third-order valence-corrected chi connectivity index (χ3v) is 16.9. The first-order valence-electron chi connectivity index (χ1n) is 27.0. The van der Waals surface area contributed by atoms with Gasteiger partial charge in [0.25, 0.3) is 0 Å². The molecule has 2 aliphatic rings. The Morgan fingerprint density at radius 2 is 0.792 bits per heavy atom. The Balaban J connectivity index is 0.915. The molecule has 1 spiro atoms. The van der Waals surface area contributed by atoms with E-state index in [4.69, 9.17) is 8.83 Å². The van der Waals surface area contributed by atoms with Gasteiger partial charge in [-0.3, -0.25) is 0 Å². The predicted molar refractivity (Wildman–Crippen MR) is 320 cm³/mol. The van der Waals surface area contributed by atoms with E-state index in [0.29, 0.717) is 0 Å². The zero-order valence-corrected chi connectivity index (χ0v) is 42.7. The van der Waals surface area contributed by atoms with Gasteiger partial charge >= 0.3 is 0 Å². The van der Waals surface area contributed by atoms with E-state index in [1.165, 1.54) is 77.2 Å². The lowest BCUT2D eigenvalue weighted by atomic mass is 9.69. The molecule has 12 aromatic carbocycles. The molecule has 0 atom stereocenters. The van der Waals surface area contributed by atoms with Crippen molar-refractivity contribution >= 4 is 99.5 Å². The molecule has 364 valence electrons. The first-order valence-corrected chi connectivity index (χ1v) is 27.0. The second-order valence-corrected chi connectivity index (χ2v) is 20.8. The second-order valence-electron chi connectivity index (χ2n) is 20.8. The minimum absolute atomic E-state index is 0.588. The average molecular weight is 987 g/mol. The van der Waals surface area contributed by atoms with Gasteiger partial charge in [0.2, 0.25) is 0 Å². The topological polar surface area (TPSA) is 32.8 Å². The first-order chi connectivity index (χ1) is 38.1. The summed E-state index contributed by atoms with van der Waals surface area (Å²) in [4.78, 5) is 4.74. The second kappa shape index (κ2) is 16.7. The molecular formula is C73H50N2O2. The summed E-state index contributed by atoms with van der Waals surface area (Å²) in [5.41, 5.74) is 22.2. The van der Waals surface area contributed by atoms with Crippen molar-refractivity contribution in [3.63, 3.8) is 0 Å². The molecule has 0 saturated heterocycles. The van der Waals surface area contributed by atoms with Crippen molar-refractivity contribution in [1.82, 2.24) is 0 Å². The van der Waals surface area contributed by atoms with E-state index in [9.17, 15) is 0 Å². The van der Waals surface area contributed by atoms with Crippen molar-refractivity contribution in [2.24, 2.45) is 0 Å². The maximum absolute atomic E-state index is 6.93. The van der Waals surface area contributed by atoms with Crippen molar-refractivity contribution in [3.8, 4) is 22.3 Å². The van der Waals surface area contributed by atoms with E-state index in [0.717, 1.165) is 90.8 Å². The highest BCUT2D eigenvalue weighted by Crippen LogP contribution is 2.65. The van der Waals surface area contributed by atoms with Gasteiger partial charge in [-0.2, -0.15) is 0 Å². The molecule has 0 bridgehead atoms. The molecule has 0 fully saturated rings. The van der Waals surface area contributed by atoms with Gasteiger partial charge in [0.05, 0.1) is 16.8 Å². The van der Waals surface area contributed by atoms with Crippen molar-refractivity contribution in [2.75, 3.05) is 9.80 Å². The number of furan rings is 2. The van der Waals surface area contributed by atoms with Gasteiger partial charge in [0.15, 0.2) is 11.2 Å². The van der Waals surface area contributed by atoms with Crippen LogP contribution in [0.3, 0.4) is 0 Å². The smallest absolute Gasteiger partial charge is 0.159 e. The lowest BCUT2D eigenvalue weighted by Gasteiger charge is -2.32. The molecule has 14 aromatic rings. The number of nitrogens with zero attached hydrogens (tertiary/aromatic N) is 2. The molecule has 0 amide bonds. The summed E-state index contributed by atoms with van der Waals surface area (Å²) in [5, 5.41) is 9.31. The SMILES string of the molecule is CCc1cccc2c1oc1c(N(c3ccccc3)c3ccc4cc5c(cc4c3)C3(c4ccccc4-c4ccccc43)c3c-5ccc4cc(N(c5ccccc5)c5cccc6c5oc5c(CC)cccc56)ccc34)cccc12. The van der Waals surface area contributed by atoms with Gasteiger partial charge in [-0.05, 0) is 163 Å². The molecule has 0 saturated carbocycles. The van der Waals surface area contributed by atoms with Crippen LogP contribution in [0.25, 0.3) is 87.7 Å². The lowest BCUT2D eigenvalue weighted by molar-refractivity contribution is 0.663. The van der Waals surface area contributed by atoms with Crippen LogP contribution in [0.4, 0.5) is 34.1 Å². The van der Waals surface area contributed by atoms with Crippen LogP contribution < -0.4 is 9.80 Å². The number of hydrogen-bond acceptors (Lipinski definition) is 4. The van der Waals surface area contributed by atoms with Crippen LogP contribution >= 0.6 is 0 Å². The van der Waals surface area contributed by atoms with Crippen LogP contribution in [-0.4, -0.2) is 0 Å². The molecule has 0 unspecified atom stereocenters. The van der Waals surface area contributed by atoms with Crippen LogP contribution in [0, 0.1) is 0 Å². The summed E-state index contributed by atoms with van der Waals surface area (Å²) in [7, 11) is 0. The lowest BCUT2D eigenvalue weighted by Crippen LogP contribution is -2.26. The summed E-state index contributed by atoms with van der Waals surface area (Å²) in [6.07, 6.45) is 1.80. The number of benzene rings is 12. The monoisotopic (exact) mass is 986 g/mol. The molecule has 0 radical (unpaired) electrons. The highest BCUT2D eigenvalue weighted by molar-refractivity contribution is 6.14. The zero-order valence-electron chi connectivity index (χ0n) is 42.7. The molecule has 2 aliphatic carbocycles. The van der Waals surface area contributed by atoms with Crippen molar-refractivity contribution < 1.29 is 8.83 Å². The summed E-state index contributed by atoms with van der Waals surface area (Å²) in [6, 6.07) is 89.6. The molecule has 4 heteroatoms. The van der Waals surface area contributed by atoms with Crippen molar-refractivity contribution in [3.05, 3.63) is 276 Å². The van der Waals surface area contributed by atoms with Gasteiger partial charge in [0, 0.05) is 44.3 Å². The number of para-hydroxylation sites is 6. The van der Waals surface area contributed by atoms with Gasteiger partial charge in [-0.15, -0.1) is 0 Å². The molecule has 0 N–H and O–H groups in total. The van der Waals surface area contributed by atoms with Crippen LogP contribution in [0.5, 0.6) is 0 Å². The maximum Gasteiger partial charge on any atom is 0.159 e. The van der Waals surface area contributed by atoms with Crippen molar-refractivity contribution in [1.29, 1.82) is 0 Å². The first kappa shape index (κ1) is 43.7. The van der Waals surface area contributed by atoms with E-state index in [-0.39, 0.29) is 0 Å². The van der Waals surface area contributed by atoms with E-state index >= 15 is 0 Å². The van der Waals surface area contributed by atoms with E-state index < -0.39 is 5.41 Å². The molecule has 16 rings (SSSR count). The van der Waals surface area contributed by atoms with E-state index in [1.54, 1.807) is 0 Å². The van der Waals surface area contributed by atoms with Gasteiger partial charge < -0.3 is 18.6 Å². The minimum Gasteiger partial charge on any atom is -0.454 e. The normalized spacial score (nSPS) is 13.0. The molecule has 77 heavy (non-hydrogen) atoms. The summed E-state index contributed by atoms with van der Waals surface area (Å²) in [5.74, 6) is 0. The Morgan fingerprint density at radius 3 is 1.35 bits per heavy atom. The van der Waals surface area contributed by atoms with Crippen LogP contribution in [0.2, 0.25) is 0 Å². The Bertz CT molecular complexity index is 4690. The Morgan fingerprint density at radius 1 is 0.312 bits per heavy atom. The molecule has 2 aromatic heterocycles. The Labute approximate surface area is 446 Å². The van der Waals surface area contributed by atoms with Gasteiger partial charge in [0.1, 0.15) is 11.2 Å². The van der Waals surface area contributed by atoms with Crippen molar-refractivity contribution in [2.45, 2.75) is 32.1 Å². The van der Waals surface area contributed by atoms with Gasteiger partial charge in [-0.25, -0.2) is 0 Å². The third kappa shape index (κ3) is 6.15. The summed E-state index contributed by atoms with van der Waals surface area (Å²) >= 11 is 0. The van der Waals surface area contributed by atoms with Crippen LogP contribution in [0.1, 0.15) is 47.2 Å². The number of hydrogen-bond donors (Lipinski definition) is 0. The van der Waals surface area contributed by atoms with E-state index in [2.05, 4.69) is 266 Å². The Kier molecular flexibility index (Phi) is 9.47. The molecule has 4 nitrogen and oxygen atoms in total. The zero-order chi connectivity index (χ0) is 50.9. The Hall–Kier alpha value is -9.64. The molecule has 0 aliphatic heterocycles. The molecular weight excluding hydrogens is 937 g/mol. The number of fused-ring (bicyclic) bond motifs is 19. The fourth-order valence-electron chi connectivity index (χ4n) is 13.6. The van der Waals surface area contributed by atoms with E-state index in [1.807, 2.05) is 0 Å². The van der Waals surface area contributed by atoms with Crippen LogP contribution in [-0.2, 0) is 18.3 Å². The standard InChI is InChI=1S/C73H50N2O2/c1-3-45-19-15-27-58-60-29-17-33-66(71(60)76-69(45)58)74(50-21-7-5-8-22-50)52-37-35-47-43-62-57-39-36-48-41-53(75(51-23-9-6-10-24-51)67-34-18-30-61-59-28-16-20-46(4-2)70(59)77-72(61)67)38-40-54(48)68(57)73(65(62)44-49(47)42-52)63-31-13-11-25-55(63)56-26-12-14-32-64(56)73/h5-44H,3-4H2,1-2H3. The predicted octanol–water partition coefficient (Wildman–Crippen LogP) is 20.2. The quantitative estimate of drug-likeness (QED) is 0.152. The number of rotatable bonds is 8.